The lowest BCUT2D eigenvalue weighted by atomic mass is 10.1. The number of amides is 3. The number of carbonyl (C=O) groups excluding carboxylic acids is 3. The molecule has 0 aliphatic carbocycles. The van der Waals surface area contributed by atoms with Crippen LogP contribution in [0.3, 0.4) is 0 Å². The maximum absolute atomic E-state index is 12.3. The quantitative estimate of drug-likeness (QED) is 0.781. The zero-order valence-electron chi connectivity index (χ0n) is 11.2. The molecule has 0 radical (unpaired) electrons. The molecule has 3 amide bonds. The number of hydrogen-bond donors (Lipinski definition) is 0. The summed E-state index contributed by atoms with van der Waals surface area (Å²) >= 11 is 1.02. The lowest BCUT2D eigenvalue weighted by molar-refractivity contribution is -0.128. The molecule has 20 heavy (non-hydrogen) atoms. The average Bonchev–Trinajstić information content (AvgIpc) is 2.83. The van der Waals surface area contributed by atoms with Crippen molar-refractivity contribution in [3.63, 3.8) is 0 Å². The summed E-state index contributed by atoms with van der Waals surface area (Å²) in [5.74, 6) is -0.0610. The van der Waals surface area contributed by atoms with Crippen LogP contribution in [0.1, 0.15) is 16.2 Å². The number of likely N-dealkylation sites (tertiary alicyclic amines) is 1. The minimum Gasteiger partial charge on any atom is -0.333 e. The van der Waals surface area contributed by atoms with Crippen molar-refractivity contribution < 1.29 is 14.4 Å². The van der Waals surface area contributed by atoms with Crippen molar-refractivity contribution in [3.8, 4) is 0 Å². The molecule has 106 valence electrons. The summed E-state index contributed by atoms with van der Waals surface area (Å²) in [4.78, 5) is 38.3. The summed E-state index contributed by atoms with van der Waals surface area (Å²) in [6.07, 6.45) is 0. The van der Waals surface area contributed by atoms with E-state index in [1.165, 1.54) is 4.90 Å². The minimum atomic E-state index is -0.205. The van der Waals surface area contributed by atoms with Crippen LogP contribution in [0.5, 0.6) is 0 Å². The fourth-order valence-corrected chi connectivity index (χ4v) is 3.25. The summed E-state index contributed by atoms with van der Waals surface area (Å²) in [5, 5.41) is 3.94. The lowest BCUT2D eigenvalue weighted by Gasteiger charge is -2.42. The third kappa shape index (κ3) is 2.00. The molecule has 0 unspecified atom stereocenters. The van der Waals surface area contributed by atoms with Gasteiger partial charge >= 0.3 is 0 Å². The first-order chi connectivity index (χ1) is 9.47. The second kappa shape index (κ2) is 4.62. The fraction of sp³-hybridized carbons (Fsp3) is 0.500. The van der Waals surface area contributed by atoms with Crippen molar-refractivity contribution in [2.45, 2.75) is 13.0 Å². The zero-order chi connectivity index (χ0) is 14.4. The van der Waals surface area contributed by atoms with E-state index >= 15 is 0 Å². The Hall–Kier alpha value is -1.83. The molecule has 2 aliphatic rings. The van der Waals surface area contributed by atoms with E-state index in [-0.39, 0.29) is 28.8 Å². The molecule has 0 atom stereocenters. The maximum Gasteiger partial charge on any atom is 0.289 e. The van der Waals surface area contributed by atoms with Crippen LogP contribution in [0.25, 0.3) is 0 Å². The normalized spacial score (nSPS) is 19.7. The van der Waals surface area contributed by atoms with E-state index in [1.54, 1.807) is 22.7 Å². The maximum atomic E-state index is 12.3. The highest BCUT2D eigenvalue weighted by atomic mass is 32.2. The summed E-state index contributed by atoms with van der Waals surface area (Å²) in [6.45, 7) is 2.64. The molecule has 7 nitrogen and oxygen atoms in total. The largest absolute Gasteiger partial charge is 0.333 e. The van der Waals surface area contributed by atoms with Crippen LogP contribution < -0.4 is 0 Å². The van der Waals surface area contributed by atoms with Crippen molar-refractivity contribution in [1.82, 2.24) is 19.6 Å². The highest BCUT2D eigenvalue weighted by Gasteiger charge is 2.43. The van der Waals surface area contributed by atoms with E-state index in [2.05, 4.69) is 5.10 Å². The van der Waals surface area contributed by atoms with Crippen LogP contribution in [0, 0.1) is 6.92 Å². The number of nitrogens with zero attached hydrogens (tertiary/aromatic N) is 4. The highest BCUT2D eigenvalue weighted by molar-refractivity contribution is 8.14. The number of aryl methyl sites for hydroxylation is 2. The Morgan fingerprint density at radius 2 is 2.10 bits per heavy atom. The van der Waals surface area contributed by atoms with Gasteiger partial charge in [0.1, 0.15) is 5.69 Å². The number of rotatable bonds is 2. The van der Waals surface area contributed by atoms with E-state index in [9.17, 15) is 14.4 Å². The molecule has 3 heterocycles. The number of imide groups is 1. The van der Waals surface area contributed by atoms with Gasteiger partial charge in [-0.15, -0.1) is 0 Å². The topological polar surface area (TPSA) is 75.5 Å². The summed E-state index contributed by atoms with van der Waals surface area (Å²) in [6, 6.07) is 1.56. The minimum absolute atomic E-state index is 0.115. The Kier molecular flexibility index (Phi) is 3.04. The van der Waals surface area contributed by atoms with Crippen LogP contribution in [-0.2, 0) is 11.8 Å². The van der Waals surface area contributed by atoms with E-state index in [0.717, 1.165) is 17.5 Å². The molecular formula is C12H14N4O3S. The molecule has 0 aromatic carbocycles. The van der Waals surface area contributed by atoms with Gasteiger partial charge in [0.25, 0.3) is 11.1 Å². The zero-order valence-corrected chi connectivity index (χ0v) is 12.0. The first-order valence-corrected chi connectivity index (χ1v) is 7.24. The molecule has 2 aliphatic heterocycles. The molecule has 0 bridgehead atoms. The molecule has 1 aromatic heterocycles. The van der Waals surface area contributed by atoms with Crippen molar-refractivity contribution in [2.75, 3.05) is 18.8 Å². The van der Waals surface area contributed by atoms with Crippen LogP contribution >= 0.6 is 11.8 Å². The molecule has 0 spiro atoms. The van der Waals surface area contributed by atoms with Gasteiger partial charge in [-0.3, -0.25) is 24.0 Å². The van der Waals surface area contributed by atoms with Gasteiger partial charge < -0.3 is 4.90 Å². The van der Waals surface area contributed by atoms with Crippen molar-refractivity contribution in [1.29, 1.82) is 0 Å². The Morgan fingerprint density at radius 3 is 2.60 bits per heavy atom. The number of hydrogen-bond acceptors (Lipinski definition) is 5. The van der Waals surface area contributed by atoms with Gasteiger partial charge in [0.2, 0.25) is 5.91 Å². The van der Waals surface area contributed by atoms with Gasteiger partial charge in [-0.05, 0) is 13.0 Å². The van der Waals surface area contributed by atoms with Gasteiger partial charge in [0.05, 0.1) is 17.5 Å². The molecule has 1 aromatic rings. The second-order valence-electron chi connectivity index (χ2n) is 4.98. The number of thioether (sulfide) groups is 1. The van der Waals surface area contributed by atoms with Gasteiger partial charge in [-0.2, -0.15) is 5.10 Å². The third-order valence-corrected chi connectivity index (χ3v) is 4.36. The van der Waals surface area contributed by atoms with E-state index in [1.807, 2.05) is 6.92 Å². The number of aromatic nitrogens is 2. The molecule has 2 fully saturated rings. The molecule has 8 heteroatoms. The fourth-order valence-electron chi connectivity index (χ4n) is 2.47. The highest BCUT2D eigenvalue weighted by Crippen LogP contribution is 2.26. The first-order valence-electron chi connectivity index (χ1n) is 6.26. The number of carbonyl (C=O) groups is 3. The Labute approximate surface area is 119 Å². The van der Waals surface area contributed by atoms with Crippen molar-refractivity contribution in [3.05, 3.63) is 17.5 Å². The third-order valence-electron chi connectivity index (χ3n) is 3.52. The standard InChI is InChI=1S/C12H14N4O3S/c1-7-3-9(14(2)13-7)11(18)15-4-8(5-15)16-10(17)6-20-12(16)19/h3,8H,4-6H2,1-2H3. The molecule has 2 saturated heterocycles. The van der Waals surface area contributed by atoms with E-state index < -0.39 is 0 Å². The molecular weight excluding hydrogens is 280 g/mol. The predicted molar refractivity (Wildman–Crippen MR) is 72.3 cm³/mol. The summed E-state index contributed by atoms with van der Waals surface area (Å²) < 4.78 is 1.55. The Morgan fingerprint density at radius 1 is 1.40 bits per heavy atom. The Bertz CT molecular complexity index is 590. The molecule has 3 rings (SSSR count). The molecule has 0 saturated carbocycles. The lowest BCUT2D eigenvalue weighted by Crippen LogP contribution is -2.62. The van der Waals surface area contributed by atoms with Gasteiger partial charge in [0.15, 0.2) is 0 Å². The van der Waals surface area contributed by atoms with Crippen molar-refractivity contribution >= 4 is 28.8 Å². The van der Waals surface area contributed by atoms with Gasteiger partial charge in [-0.25, -0.2) is 0 Å². The van der Waals surface area contributed by atoms with Gasteiger partial charge in [0, 0.05) is 20.1 Å². The molecule has 0 N–H and O–H groups in total. The van der Waals surface area contributed by atoms with Gasteiger partial charge in [-0.1, -0.05) is 11.8 Å². The van der Waals surface area contributed by atoms with Crippen LogP contribution in [0.15, 0.2) is 6.07 Å². The smallest absolute Gasteiger partial charge is 0.289 e. The van der Waals surface area contributed by atoms with Crippen LogP contribution in [0.2, 0.25) is 0 Å². The predicted octanol–water partition coefficient (Wildman–Crippen LogP) is 0.248. The van der Waals surface area contributed by atoms with E-state index in [0.29, 0.717) is 18.8 Å². The van der Waals surface area contributed by atoms with Crippen LogP contribution in [0.4, 0.5) is 4.79 Å². The summed E-state index contributed by atoms with van der Waals surface area (Å²) in [7, 11) is 1.72. The van der Waals surface area contributed by atoms with Crippen molar-refractivity contribution in [2.24, 2.45) is 7.05 Å². The SMILES string of the molecule is Cc1cc(C(=O)N2CC(N3C(=O)CSC3=O)C2)n(C)n1. The first kappa shape index (κ1) is 13.2. The Balaban J connectivity index is 1.66. The summed E-state index contributed by atoms with van der Waals surface area (Å²) in [5.41, 5.74) is 1.31. The monoisotopic (exact) mass is 294 g/mol. The average molecular weight is 294 g/mol. The second-order valence-corrected chi connectivity index (χ2v) is 5.90. The van der Waals surface area contributed by atoms with Crippen LogP contribution in [-0.4, -0.2) is 61.5 Å². The van der Waals surface area contributed by atoms with E-state index in [4.69, 9.17) is 0 Å².